The number of rotatable bonds is 2. The fourth-order valence-corrected chi connectivity index (χ4v) is 1.65. The van der Waals surface area contributed by atoms with Gasteiger partial charge < -0.3 is 0 Å². The average Bonchev–Trinajstić information content (AvgIpc) is 2.32. The predicted molar refractivity (Wildman–Crippen MR) is 51.6 cm³/mol. The van der Waals surface area contributed by atoms with Crippen molar-refractivity contribution in [2.45, 2.75) is 18.4 Å². The van der Waals surface area contributed by atoms with Gasteiger partial charge in [-0.3, -0.25) is 5.10 Å². The quantitative estimate of drug-likeness (QED) is 0.726. The van der Waals surface area contributed by atoms with Gasteiger partial charge in [-0.05, 0) is 31.3 Å². The summed E-state index contributed by atoms with van der Waals surface area (Å²) in [5, 5.41) is 8.53. The molecule has 11 heavy (non-hydrogen) atoms. The SMILES string of the molecule is CCc1cc(S(C)(C)C)n[nH]1. The molecule has 0 fully saturated rings. The van der Waals surface area contributed by atoms with Crippen molar-refractivity contribution >= 4 is 10.0 Å². The summed E-state index contributed by atoms with van der Waals surface area (Å²) in [6.07, 6.45) is 7.80. The monoisotopic (exact) mass is 172 g/mol. The molecule has 0 aliphatic heterocycles. The Balaban J connectivity index is 2.89. The summed E-state index contributed by atoms with van der Waals surface area (Å²) >= 11 is 0. The Bertz CT molecular complexity index is 234. The minimum Gasteiger partial charge on any atom is -0.282 e. The maximum atomic E-state index is 4.27. The number of nitrogens with one attached hydrogen (secondary N) is 1. The second kappa shape index (κ2) is 2.89. The number of H-pyrrole nitrogens is 1. The van der Waals surface area contributed by atoms with Crippen LogP contribution in [0.3, 0.4) is 0 Å². The summed E-state index contributed by atoms with van der Waals surface area (Å²) in [6, 6.07) is 2.18. The molecule has 0 spiro atoms. The van der Waals surface area contributed by atoms with Crippen LogP contribution in [-0.4, -0.2) is 29.0 Å². The largest absolute Gasteiger partial charge is 0.282 e. The molecule has 1 aromatic rings. The fraction of sp³-hybridized carbons (Fsp3) is 0.625. The molecule has 0 atom stereocenters. The molecule has 0 aliphatic carbocycles. The summed E-state index contributed by atoms with van der Waals surface area (Å²) in [6.45, 7) is 2.13. The zero-order valence-electron chi connectivity index (χ0n) is 7.64. The molecule has 0 aromatic carbocycles. The Morgan fingerprint density at radius 1 is 1.45 bits per heavy atom. The van der Waals surface area contributed by atoms with E-state index in [9.17, 15) is 0 Å². The lowest BCUT2D eigenvalue weighted by atomic mass is 10.3. The Kier molecular flexibility index (Phi) is 2.28. The summed E-state index contributed by atoms with van der Waals surface area (Å²) in [5.41, 5.74) is 1.24. The molecule has 1 aromatic heterocycles. The summed E-state index contributed by atoms with van der Waals surface area (Å²) < 4.78 is 0. The third-order valence-electron chi connectivity index (χ3n) is 1.62. The van der Waals surface area contributed by atoms with Gasteiger partial charge in [0.2, 0.25) is 0 Å². The smallest absolute Gasteiger partial charge is 0.100 e. The highest BCUT2D eigenvalue weighted by Crippen LogP contribution is 2.43. The van der Waals surface area contributed by atoms with E-state index < -0.39 is 10.0 Å². The Hall–Kier alpha value is -0.440. The third kappa shape index (κ3) is 1.99. The number of hydrogen-bond donors (Lipinski definition) is 1. The van der Waals surface area contributed by atoms with E-state index >= 15 is 0 Å². The van der Waals surface area contributed by atoms with Crippen LogP contribution in [0.4, 0.5) is 0 Å². The molecule has 3 heteroatoms. The number of nitrogens with zero attached hydrogens (tertiary/aromatic N) is 1. The number of aromatic amines is 1. The molecule has 1 N–H and O–H groups in total. The van der Waals surface area contributed by atoms with Crippen molar-refractivity contribution in [2.75, 3.05) is 18.8 Å². The van der Waals surface area contributed by atoms with Crippen LogP contribution in [0, 0.1) is 0 Å². The lowest BCUT2D eigenvalue weighted by Crippen LogP contribution is -1.92. The first-order valence-electron chi connectivity index (χ1n) is 3.76. The normalized spacial score (nSPS) is 13.5. The lowest BCUT2D eigenvalue weighted by Gasteiger charge is -2.21. The molecule has 0 unspecified atom stereocenters. The van der Waals surface area contributed by atoms with Gasteiger partial charge in [-0.15, -0.1) is 0 Å². The van der Waals surface area contributed by atoms with E-state index in [1.54, 1.807) is 0 Å². The highest BCUT2D eigenvalue weighted by Gasteiger charge is 2.10. The van der Waals surface area contributed by atoms with Gasteiger partial charge in [0, 0.05) is 5.69 Å². The van der Waals surface area contributed by atoms with Crippen LogP contribution in [0.5, 0.6) is 0 Å². The van der Waals surface area contributed by atoms with Gasteiger partial charge in [0.15, 0.2) is 0 Å². The van der Waals surface area contributed by atoms with E-state index in [0.29, 0.717) is 0 Å². The molecule has 0 saturated carbocycles. The molecule has 0 radical (unpaired) electrons. The second-order valence-electron chi connectivity index (χ2n) is 3.42. The average molecular weight is 172 g/mol. The van der Waals surface area contributed by atoms with Gasteiger partial charge >= 0.3 is 0 Å². The first-order valence-corrected chi connectivity index (χ1v) is 6.62. The maximum Gasteiger partial charge on any atom is 0.100 e. The van der Waals surface area contributed by atoms with Crippen LogP contribution in [-0.2, 0) is 6.42 Å². The van der Waals surface area contributed by atoms with Crippen LogP contribution in [0.25, 0.3) is 0 Å². The zero-order chi connectivity index (χ0) is 8.48. The van der Waals surface area contributed by atoms with Gasteiger partial charge in [-0.2, -0.15) is 5.10 Å². The topological polar surface area (TPSA) is 28.7 Å². The molecule has 0 amide bonds. The van der Waals surface area contributed by atoms with E-state index in [2.05, 4.69) is 42.0 Å². The standard InChI is InChI=1S/C8H16N2S/c1-5-7-6-8(10-9-7)11(2,3)4/h6H,5H2,1-4H3,(H,9,10). The Labute approximate surface area is 69.7 Å². The van der Waals surface area contributed by atoms with Crippen molar-refractivity contribution in [3.63, 3.8) is 0 Å². The van der Waals surface area contributed by atoms with Crippen molar-refractivity contribution in [1.29, 1.82) is 0 Å². The van der Waals surface area contributed by atoms with Crippen molar-refractivity contribution in [3.8, 4) is 0 Å². The number of hydrogen-bond acceptors (Lipinski definition) is 1. The minimum atomic E-state index is -0.634. The highest BCUT2D eigenvalue weighted by atomic mass is 32.3. The minimum absolute atomic E-state index is 0.634. The Morgan fingerprint density at radius 2 is 2.09 bits per heavy atom. The van der Waals surface area contributed by atoms with Crippen LogP contribution in [0.2, 0.25) is 0 Å². The van der Waals surface area contributed by atoms with Gasteiger partial charge in [0.1, 0.15) is 5.03 Å². The van der Waals surface area contributed by atoms with Gasteiger partial charge in [-0.1, -0.05) is 6.92 Å². The number of aryl methyl sites for hydroxylation is 1. The lowest BCUT2D eigenvalue weighted by molar-refractivity contribution is 0.941. The molecular weight excluding hydrogens is 156 g/mol. The van der Waals surface area contributed by atoms with E-state index in [0.717, 1.165) is 6.42 Å². The highest BCUT2D eigenvalue weighted by molar-refractivity contribution is 8.32. The molecule has 1 rings (SSSR count). The fourth-order valence-electron chi connectivity index (χ4n) is 0.835. The van der Waals surface area contributed by atoms with Crippen molar-refractivity contribution in [1.82, 2.24) is 10.2 Å². The van der Waals surface area contributed by atoms with E-state index in [-0.39, 0.29) is 0 Å². The van der Waals surface area contributed by atoms with Crippen molar-refractivity contribution in [3.05, 3.63) is 11.8 Å². The van der Waals surface area contributed by atoms with Crippen molar-refractivity contribution in [2.24, 2.45) is 0 Å². The number of aromatic nitrogens is 2. The third-order valence-corrected chi connectivity index (χ3v) is 3.08. The first-order chi connectivity index (χ1) is 5.04. The molecule has 0 aliphatic rings. The summed E-state index contributed by atoms with van der Waals surface area (Å²) in [5.74, 6) is 0. The van der Waals surface area contributed by atoms with E-state index in [4.69, 9.17) is 0 Å². The maximum absolute atomic E-state index is 4.27. The Morgan fingerprint density at radius 3 is 2.36 bits per heavy atom. The molecular formula is C8H16N2S. The summed E-state index contributed by atoms with van der Waals surface area (Å²) in [7, 11) is -0.634. The van der Waals surface area contributed by atoms with E-state index in [1.165, 1.54) is 10.7 Å². The molecule has 0 saturated heterocycles. The van der Waals surface area contributed by atoms with E-state index in [1.807, 2.05) is 0 Å². The van der Waals surface area contributed by atoms with Crippen molar-refractivity contribution < 1.29 is 0 Å². The van der Waals surface area contributed by atoms with Gasteiger partial charge in [0.05, 0.1) is 0 Å². The van der Waals surface area contributed by atoms with Crippen LogP contribution in [0.15, 0.2) is 11.1 Å². The van der Waals surface area contributed by atoms with Crippen LogP contribution in [0.1, 0.15) is 12.6 Å². The first kappa shape index (κ1) is 8.65. The van der Waals surface area contributed by atoms with Crippen LogP contribution >= 0.6 is 10.0 Å². The molecule has 1 heterocycles. The molecule has 64 valence electrons. The second-order valence-corrected chi connectivity index (χ2v) is 7.51. The predicted octanol–water partition coefficient (Wildman–Crippen LogP) is 2.02. The molecule has 0 bridgehead atoms. The van der Waals surface area contributed by atoms with Crippen LogP contribution < -0.4 is 0 Å². The zero-order valence-corrected chi connectivity index (χ0v) is 8.46. The molecule has 2 nitrogen and oxygen atoms in total. The van der Waals surface area contributed by atoms with Gasteiger partial charge in [-0.25, -0.2) is 10.0 Å². The summed E-state index contributed by atoms with van der Waals surface area (Å²) in [4.78, 5) is 0. The van der Waals surface area contributed by atoms with Gasteiger partial charge in [0.25, 0.3) is 0 Å².